The van der Waals surface area contributed by atoms with Crippen molar-refractivity contribution in [2.75, 3.05) is 0 Å². The van der Waals surface area contributed by atoms with E-state index in [1.54, 1.807) is 6.20 Å². The largest absolute Gasteiger partial charge is 0.261 e. The molecule has 0 spiro atoms. The van der Waals surface area contributed by atoms with Gasteiger partial charge in [-0.1, -0.05) is 48.4 Å². The zero-order valence-corrected chi connectivity index (χ0v) is 11.2. The summed E-state index contributed by atoms with van der Waals surface area (Å²) < 4.78 is 0. The summed E-state index contributed by atoms with van der Waals surface area (Å²) in [6.07, 6.45) is 7.63. The number of hydrogen-bond acceptors (Lipinski definition) is 1. The lowest BCUT2D eigenvalue weighted by atomic mass is 10.1. The third kappa shape index (κ3) is 4.50. The Labute approximate surface area is 114 Å². The van der Waals surface area contributed by atoms with Crippen LogP contribution in [0.25, 0.3) is 0 Å². The van der Waals surface area contributed by atoms with Crippen molar-refractivity contribution in [1.82, 2.24) is 4.98 Å². The number of benzene rings is 1. The lowest BCUT2D eigenvalue weighted by Gasteiger charge is -2.02. The van der Waals surface area contributed by atoms with Crippen molar-refractivity contribution in [3.8, 4) is 0 Å². The Balaban J connectivity index is 1.65. The molecule has 2 rings (SSSR count). The summed E-state index contributed by atoms with van der Waals surface area (Å²) in [6, 6.07) is 14.4. The average Bonchev–Trinajstić information content (AvgIpc) is 2.40. The molecular weight excluding hydrogens is 242 g/mol. The Hall–Kier alpha value is -1.34. The highest BCUT2D eigenvalue weighted by Gasteiger charge is 1.97. The second kappa shape index (κ2) is 7.17. The molecule has 1 aromatic carbocycles. The highest BCUT2D eigenvalue weighted by Crippen LogP contribution is 2.12. The molecule has 0 unspecified atom stereocenters. The van der Waals surface area contributed by atoms with E-state index in [4.69, 9.17) is 11.6 Å². The van der Waals surface area contributed by atoms with Crippen LogP contribution in [0.15, 0.2) is 48.7 Å². The van der Waals surface area contributed by atoms with Gasteiger partial charge in [-0.15, -0.1) is 0 Å². The van der Waals surface area contributed by atoms with E-state index in [1.165, 1.54) is 31.2 Å². The molecular formula is C16H18ClN. The first kappa shape index (κ1) is 13.1. The Bertz CT molecular complexity index is 468. The Morgan fingerprint density at radius 2 is 1.67 bits per heavy atom. The molecule has 0 atom stereocenters. The molecule has 0 N–H and O–H groups in total. The quantitative estimate of drug-likeness (QED) is 0.686. The standard InChI is InChI=1S/C16H18ClN/c17-15-11-12-18-16(13-15)10-6-2-5-9-14-7-3-1-4-8-14/h1,3-4,7-8,11-13H,2,5-6,9-10H2. The van der Waals surface area contributed by atoms with Crippen LogP contribution in [-0.2, 0) is 12.8 Å². The molecule has 1 aromatic heterocycles. The summed E-state index contributed by atoms with van der Waals surface area (Å²) in [5.74, 6) is 0. The third-order valence-corrected chi connectivity index (χ3v) is 3.25. The van der Waals surface area contributed by atoms with E-state index in [-0.39, 0.29) is 0 Å². The van der Waals surface area contributed by atoms with E-state index in [9.17, 15) is 0 Å². The van der Waals surface area contributed by atoms with Crippen LogP contribution in [0.2, 0.25) is 5.02 Å². The monoisotopic (exact) mass is 259 g/mol. The summed E-state index contributed by atoms with van der Waals surface area (Å²) >= 11 is 5.92. The molecule has 0 aliphatic rings. The van der Waals surface area contributed by atoms with E-state index >= 15 is 0 Å². The zero-order valence-electron chi connectivity index (χ0n) is 10.5. The smallest absolute Gasteiger partial charge is 0.0439 e. The Kier molecular flexibility index (Phi) is 5.22. The minimum absolute atomic E-state index is 0.782. The fourth-order valence-electron chi connectivity index (χ4n) is 2.04. The van der Waals surface area contributed by atoms with Gasteiger partial charge < -0.3 is 0 Å². The summed E-state index contributed by atoms with van der Waals surface area (Å²) in [4.78, 5) is 4.31. The molecule has 0 aliphatic carbocycles. The van der Waals surface area contributed by atoms with Gasteiger partial charge in [0.15, 0.2) is 0 Å². The molecule has 1 heterocycles. The van der Waals surface area contributed by atoms with E-state index in [1.807, 2.05) is 12.1 Å². The van der Waals surface area contributed by atoms with Gasteiger partial charge in [-0.3, -0.25) is 4.98 Å². The van der Waals surface area contributed by atoms with Crippen LogP contribution in [0.4, 0.5) is 0 Å². The number of pyridine rings is 1. The predicted molar refractivity (Wildman–Crippen MR) is 76.9 cm³/mol. The lowest BCUT2D eigenvalue weighted by molar-refractivity contribution is 0.671. The molecule has 0 saturated heterocycles. The van der Waals surface area contributed by atoms with E-state index in [0.29, 0.717) is 0 Å². The first-order valence-corrected chi connectivity index (χ1v) is 6.87. The van der Waals surface area contributed by atoms with Gasteiger partial charge >= 0.3 is 0 Å². The highest BCUT2D eigenvalue weighted by molar-refractivity contribution is 6.30. The fraction of sp³-hybridized carbons (Fsp3) is 0.312. The third-order valence-electron chi connectivity index (χ3n) is 3.02. The van der Waals surface area contributed by atoms with Crippen molar-refractivity contribution in [3.05, 3.63) is 64.9 Å². The van der Waals surface area contributed by atoms with Crippen molar-refractivity contribution >= 4 is 11.6 Å². The fourth-order valence-corrected chi connectivity index (χ4v) is 2.22. The summed E-state index contributed by atoms with van der Waals surface area (Å²) in [6.45, 7) is 0. The van der Waals surface area contributed by atoms with Gasteiger partial charge in [-0.05, 0) is 43.4 Å². The van der Waals surface area contributed by atoms with Crippen molar-refractivity contribution in [2.45, 2.75) is 32.1 Å². The number of aromatic nitrogens is 1. The number of halogens is 1. The maximum atomic E-state index is 5.92. The Morgan fingerprint density at radius 1 is 0.889 bits per heavy atom. The molecule has 94 valence electrons. The molecule has 1 nitrogen and oxygen atoms in total. The summed E-state index contributed by atoms with van der Waals surface area (Å²) in [7, 11) is 0. The van der Waals surface area contributed by atoms with Gasteiger partial charge in [-0.2, -0.15) is 0 Å². The molecule has 0 saturated carbocycles. The van der Waals surface area contributed by atoms with Crippen LogP contribution in [0.5, 0.6) is 0 Å². The number of hydrogen-bond donors (Lipinski definition) is 0. The number of aryl methyl sites for hydroxylation is 2. The summed E-state index contributed by atoms with van der Waals surface area (Å²) in [5, 5.41) is 0.782. The van der Waals surface area contributed by atoms with Crippen molar-refractivity contribution < 1.29 is 0 Å². The Morgan fingerprint density at radius 3 is 2.44 bits per heavy atom. The maximum absolute atomic E-state index is 5.92. The molecule has 18 heavy (non-hydrogen) atoms. The van der Waals surface area contributed by atoms with E-state index < -0.39 is 0 Å². The van der Waals surface area contributed by atoms with Crippen LogP contribution in [0, 0.1) is 0 Å². The van der Waals surface area contributed by atoms with E-state index in [0.717, 1.165) is 17.1 Å². The van der Waals surface area contributed by atoms with Crippen LogP contribution in [0.1, 0.15) is 30.5 Å². The normalized spacial score (nSPS) is 10.5. The minimum atomic E-state index is 0.782. The van der Waals surface area contributed by atoms with Gasteiger partial charge in [0.1, 0.15) is 0 Å². The second-order valence-corrected chi connectivity index (χ2v) is 4.95. The van der Waals surface area contributed by atoms with Crippen LogP contribution in [0.3, 0.4) is 0 Å². The maximum Gasteiger partial charge on any atom is 0.0439 e. The summed E-state index contributed by atoms with van der Waals surface area (Å²) in [5.41, 5.74) is 2.53. The van der Waals surface area contributed by atoms with Gasteiger partial charge in [-0.25, -0.2) is 0 Å². The second-order valence-electron chi connectivity index (χ2n) is 4.51. The van der Waals surface area contributed by atoms with Gasteiger partial charge in [0.25, 0.3) is 0 Å². The minimum Gasteiger partial charge on any atom is -0.261 e. The van der Waals surface area contributed by atoms with Gasteiger partial charge in [0.05, 0.1) is 0 Å². The van der Waals surface area contributed by atoms with Crippen LogP contribution >= 0.6 is 11.6 Å². The van der Waals surface area contributed by atoms with Gasteiger partial charge in [0, 0.05) is 16.9 Å². The van der Waals surface area contributed by atoms with Gasteiger partial charge in [0.2, 0.25) is 0 Å². The number of rotatable bonds is 6. The SMILES string of the molecule is Clc1ccnc(CCCCCc2ccccc2)c1. The molecule has 2 aromatic rings. The van der Waals surface area contributed by atoms with Crippen molar-refractivity contribution in [2.24, 2.45) is 0 Å². The predicted octanol–water partition coefficient (Wildman–Crippen LogP) is 4.69. The number of nitrogens with zero attached hydrogens (tertiary/aromatic N) is 1. The molecule has 2 heteroatoms. The first-order chi connectivity index (χ1) is 8.84. The van der Waals surface area contributed by atoms with Crippen molar-refractivity contribution in [3.63, 3.8) is 0 Å². The lowest BCUT2D eigenvalue weighted by Crippen LogP contribution is -1.91. The molecule has 0 aliphatic heterocycles. The molecule has 0 fully saturated rings. The molecule has 0 radical (unpaired) electrons. The van der Waals surface area contributed by atoms with Crippen LogP contribution in [-0.4, -0.2) is 4.98 Å². The molecule has 0 amide bonds. The highest BCUT2D eigenvalue weighted by atomic mass is 35.5. The zero-order chi connectivity index (χ0) is 12.6. The van der Waals surface area contributed by atoms with Crippen molar-refractivity contribution in [1.29, 1.82) is 0 Å². The average molecular weight is 260 g/mol. The molecule has 0 bridgehead atoms. The topological polar surface area (TPSA) is 12.9 Å². The van der Waals surface area contributed by atoms with E-state index in [2.05, 4.69) is 35.3 Å². The van der Waals surface area contributed by atoms with Crippen LogP contribution < -0.4 is 0 Å². The first-order valence-electron chi connectivity index (χ1n) is 6.49. The number of unbranched alkanes of at least 4 members (excludes halogenated alkanes) is 2.